The van der Waals surface area contributed by atoms with E-state index >= 15 is 0 Å². The van der Waals surface area contributed by atoms with Crippen molar-refractivity contribution in [1.29, 1.82) is 0 Å². The van der Waals surface area contributed by atoms with Crippen LogP contribution in [0.3, 0.4) is 0 Å². The van der Waals surface area contributed by atoms with Gasteiger partial charge in [0.15, 0.2) is 9.84 Å². The van der Waals surface area contributed by atoms with Crippen LogP contribution in [0.25, 0.3) is 0 Å². The van der Waals surface area contributed by atoms with Gasteiger partial charge in [-0.05, 0) is 31.5 Å². The molecule has 0 saturated carbocycles. The van der Waals surface area contributed by atoms with Gasteiger partial charge in [-0.25, -0.2) is 18.2 Å². The fourth-order valence-corrected chi connectivity index (χ4v) is 4.29. The van der Waals surface area contributed by atoms with Gasteiger partial charge in [-0.15, -0.1) is 11.3 Å². The first-order valence-electron chi connectivity index (χ1n) is 5.96. The van der Waals surface area contributed by atoms with Gasteiger partial charge < -0.3 is 5.11 Å². The first-order chi connectivity index (χ1) is 9.81. The molecule has 112 valence electrons. The van der Waals surface area contributed by atoms with E-state index in [9.17, 15) is 13.2 Å². The fourth-order valence-electron chi connectivity index (χ4n) is 1.77. The summed E-state index contributed by atoms with van der Waals surface area (Å²) in [6, 6.07) is 3.65. The Morgan fingerprint density at radius 2 is 2.14 bits per heavy atom. The quantitative estimate of drug-likeness (QED) is 0.900. The summed E-state index contributed by atoms with van der Waals surface area (Å²) in [4.78, 5) is 15.9. The van der Waals surface area contributed by atoms with Crippen molar-refractivity contribution in [2.75, 3.05) is 5.75 Å². The van der Waals surface area contributed by atoms with Gasteiger partial charge >= 0.3 is 5.97 Å². The summed E-state index contributed by atoms with van der Waals surface area (Å²) < 4.78 is 24.5. The number of aryl methyl sites for hydroxylation is 2. The maximum atomic E-state index is 12.3. The standard InChI is InChI=1S/C13H12ClNO4S2/c1-8-12(20-7-15-8)4-5-21(18,19)9-2-3-10(13(16)17)11(14)6-9/h2-3,6-7H,4-5H2,1H3,(H,16,17). The first-order valence-corrected chi connectivity index (χ1v) is 8.87. The van der Waals surface area contributed by atoms with Crippen molar-refractivity contribution in [2.45, 2.75) is 18.2 Å². The summed E-state index contributed by atoms with van der Waals surface area (Å²) in [7, 11) is -3.52. The minimum Gasteiger partial charge on any atom is -0.478 e. The van der Waals surface area contributed by atoms with Crippen molar-refractivity contribution in [2.24, 2.45) is 0 Å². The van der Waals surface area contributed by atoms with Crippen LogP contribution >= 0.6 is 22.9 Å². The maximum absolute atomic E-state index is 12.3. The monoisotopic (exact) mass is 345 g/mol. The van der Waals surface area contributed by atoms with Gasteiger partial charge in [0, 0.05) is 4.88 Å². The fraction of sp³-hybridized carbons (Fsp3) is 0.231. The van der Waals surface area contributed by atoms with Gasteiger partial charge in [0.2, 0.25) is 0 Å². The van der Waals surface area contributed by atoms with E-state index in [1.165, 1.54) is 29.5 Å². The van der Waals surface area contributed by atoms with E-state index < -0.39 is 15.8 Å². The van der Waals surface area contributed by atoms with E-state index in [1.807, 2.05) is 6.92 Å². The predicted octanol–water partition coefficient (Wildman–Crippen LogP) is 2.82. The average molecular weight is 346 g/mol. The number of rotatable bonds is 5. The van der Waals surface area contributed by atoms with E-state index in [-0.39, 0.29) is 21.2 Å². The number of carboxylic acids is 1. The molecule has 1 aromatic carbocycles. The zero-order valence-corrected chi connectivity index (χ0v) is 13.4. The van der Waals surface area contributed by atoms with Crippen molar-refractivity contribution in [3.8, 4) is 0 Å². The van der Waals surface area contributed by atoms with Crippen LogP contribution < -0.4 is 0 Å². The molecule has 8 heteroatoms. The zero-order chi connectivity index (χ0) is 15.6. The van der Waals surface area contributed by atoms with Gasteiger partial charge in [0.25, 0.3) is 0 Å². The predicted molar refractivity (Wildman–Crippen MR) is 81.0 cm³/mol. The Bertz CT molecular complexity index is 783. The normalized spacial score (nSPS) is 11.5. The van der Waals surface area contributed by atoms with Crippen LogP contribution in [0.15, 0.2) is 28.6 Å². The Balaban J connectivity index is 2.22. The second-order valence-electron chi connectivity index (χ2n) is 4.38. The molecule has 1 N–H and O–H groups in total. The highest BCUT2D eigenvalue weighted by Gasteiger charge is 2.18. The molecule has 2 aromatic rings. The van der Waals surface area contributed by atoms with Crippen LogP contribution in [0, 0.1) is 6.92 Å². The number of nitrogens with zero attached hydrogens (tertiary/aromatic N) is 1. The topological polar surface area (TPSA) is 84.3 Å². The van der Waals surface area contributed by atoms with E-state index in [0.29, 0.717) is 6.42 Å². The third-order valence-electron chi connectivity index (χ3n) is 2.97. The summed E-state index contributed by atoms with van der Waals surface area (Å²) in [5.41, 5.74) is 2.39. The molecule has 0 aliphatic carbocycles. The number of hydrogen-bond acceptors (Lipinski definition) is 5. The number of sulfone groups is 1. The van der Waals surface area contributed by atoms with Crippen LogP contribution in [-0.2, 0) is 16.3 Å². The number of carboxylic acid groups (broad SMARTS) is 1. The van der Waals surface area contributed by atoms with Crippen molar-refractivity contribution in [3.63, 3.8) is 0 Å². The minimum absolute atomic E-state index is 0.0275. The highest BCUT2D eigenvalue weighted by Crippen LogP contribution is 2.23. The molecule has 0 unspecified atom stereocenters. The van der Waals surface area contributed by atoms with Crippen molar-refractivity contribution < 1.29 is 18.3 Å². The SMILES string of the molecule is Cc1ncsc1CCS(=O)(=O)c1ccc(C(=O)O)c(Cl)c1. The Labute approximate surface area is 131 Å². The van der Waals surface area contributed by atoms with Gasteiger partial charge in [-0.3, -0.25) is 0 Å². The molecule has 5 nitrogen and oxygen atoms in total. The lowest BCUT2D eigenvalue weighted by molar-refractivity contribution is 0.0697. The lowest BCUT2D eigenvalue weighted by Gasteiger charge is -2.06. The van der Waals surface area contributed by atoms with Crippen molar-refractivity contribution in [1.82, 2.24) is 4.98 Å². The molecule has 0 atom stereocenters. The molecule has 1 heterocycles. The van der Waals surface area contributed by atoms with E-state index in [1.54, 1.807) is 5.51 Å². The maximum Gasteiger partial charge on any atom is 0.337 e. The first kappa shape index (κ1) is 15.9. The summed E-state index contributed by atoms with van der Waals surface area (Å²) in [5, 5.41) is 8.79. The Kier molecular flexibility index (Phi) is 4.65. The molecule has 0 fully saturated rings. The summed E-state index contributed by atoms with van der Waals surface area (Å²) in [5.74, 6) is -1.26. The lowest BCUT2D eigenvalue weighted by atomic mass is 10.2. The molecule has 1 aromatic heterocycles. The molecule has 0 saturated heterocycles. The lowest BCUT2D eigenvalue weighted by Crippen LogP contribution is -2.10. The number of hydrogen-bond donors (Lipinski definition) is 1. The molecular weight excluding hydrogens is 334 g/mol. The summed E-state index contributed by atoms with van der Waals surface area (Å²) in [6.07, 6.45) is 0.372. The minimum atomic E-state index is -3.52. The third-order valence-corrected chi connectivity index (χ3v) is 5.99. The zero-order valence-electron chi connectivity index (χ0n) is 11.0. The number of aromatic carboxylic acids is 1. The number of thiazole rings is 1. The van der Waals surface area contributed by atoms with Crippen molar-refractivity contribution >= 4 is 38.7 Å². The smallest absolute Gasteiger partial charge is 0.337 e. The van der Waals surface area contributed by atoms with Gasteiger partial charge in [-0.2, -0.15) is 0 Å². The Morgan fingerprint density at radius 1 is 1.43 bits per heavy atom. The Hall–Kier alpha value is -1.44. The van der Waals surface area contributed by atoms with Gasteiger partial charge in [0.1, 0.15) is 0 Å². The van der Waals surface area contributed by atoms with Crippen LogP contribution in [0.1, 0.15) is 20.9 Å². The van der Waals surface area contributed by atoms with Crippen LogP contribution in [0.5, 0.6) is 0 Å². The van der Waals surface area contributed by atoms with E-state index in [4.69, 9.17) is 16.7 Å². The highest BCUT2D eigenvalue weighted by molar-refractivity contribution is 7.91. The highest BCUT2D eigenvalue weighted by atomic mass is 35.5. The van der Waals surface area contributed by atoms with Crippen LogP contribution in [0.2, 0.25) is 5.02 Å². The number of benzene rings is 1. The summed E-state index contributed by atoms with van der Waals surface area (Å²) in [6.45, 7) is 1.83. The molecule has 0 amide bonds. The van der Waals surface area contributed by atoms with E-state index in [2.05, 4.69) is 4.98 Å². The molecular formula is C13H12ClNO4S2. The largest absolute Gasteiger partial charge is 0.478 e. The van der Waals surface area contributed by atoms with Crippen LogP contribution in [-0.4, -0.2) is 30.2 Å². The number of halogens is 1. The molecule has 0 aliphatic rings. The number of carbonyl (C=O) groups is 1. The molecule has 0 bridgehead atoms. The summed E-state index contributed by atoms with van der Waals surface area (Å²) >= 11 is 7.22. The average Bonchev–Trinajstić information content (AvgIpc) is 2.81. The Morgan fingerprint density at radius 3 is 2.67 bits per heavy atom. The molecule has 0 aliphatic heterocycles. The molecule has 0 radical (unpaired) electrons. The van der Waals surface area contributed by atoms with Crippen molar-refractivity contribution in [3.05, 3.63) is 44.9 Å². The van der Waals surface area contributed by atoms with Gasteiger partial charge in [-0.1, -0.05) is 11.6 Å². The van der Waals surface area contributed by atoms with Gasteiger partial charge in [0.05, 0.1) is 32.4 Å². The second-order valence-corrected chi connectivity index (χ2v) is 7.83. The molecule has 21 heavy (non-hydrogen) atoms. The second kappa shape index (κ2) is 6.13. The van der Waals surface area contributed by atoms with Crippen LogP contribution in [0.4, 0.5) is 0 Å². The number of aromatic nitrogens is 1. The molecule has 0 spiro atoms. The van der Waals surface area contributed by atoms with E-state index in [0.717, 1.165) is 10.6 Å². The third kappa shape index (κ3) is 3.61. The molecule has 2 rings (SSSR count).